The van der Waals surface area contributed by atoms with Gasteiger partial charge in [0.15, 0.2) is 0 Å². The summed E-state index contributed by atoms with van der Waals surface area (Å²) in [6.07, 6.45) is 0. The van der Waals surface area contributed by atoms with Gasteiger partial charge in [0.05, 0.1) is 10.5 Å². The maximum Gasteiger partial charge on any atom is 0.335 e. The van der Waals surface area contributed by atoms with Crippen LogP contribution in [0.2, 0.25) is 0 Å². The number of non-ortho nitro benzene ring substituents is 1. The number of nitro groups is 1. The van der Waals surface area contributed by atoms with Gasteiger partial charge < -0.3 is 9.84 Å². The van der Waals surface area contributed by atoms with Crippen LogP contribution in [0, 0.1) is 17.0 Å². The number of carbonyl (C=O) groups is 1. The molecule has 2 rings (SSSR count). The Hall–Kier alpha value is -2.89. The molecule has 0 saturated carbocycles. The van der Waals surface area contributed by atoms with Gasteiger partial charge in [-0.1, -0.05) is 6.07 Å². The third-order valence-corrected chi connectivity index (χ3v) is 3.03. The Kier molecular flexibility index (Phi) is 4.18. The van der Waals surface area contributed by atoms with Crippen molar-refractivity contribution in [2.75, 3.05) is 0 Å². The van der Waals surface area contributed by atoms with Crippen LogP contribution < -0.4 is 4.74 Å². The summed E-state index contributed by atoms with van der Waals surface area (Å²) in [4.78, 5) is 20.9. The number of benzene rings is 2. The van der Waals surface area contributed by atoms with Gasteiger partial charge in [0.1, 0.15) is 12.4 Å². The van der Waals surface area contributed by atoms with Crippen molar-refractivity contribution >= 4 is 11.7 Å². The van der Waals surface area contributed by atoms with E-state index in [1.54, 1.807) is 19.1 Å². The lowest BCUT2D eigenvalue weighted by Crippen LogP contribution is -2.02. The Bertz CT molecular complexity index is 679. The molecule has 1 N–H and O–H groups in total. The molecule has 21 heavy (non-hydrogen) atoms. The van der Waals surface area contributed by atoms with Crippen molar-refractivity contribution in [3.63, 3.8) is 0 Å². The fraction of sp³-hybridized carbons (Fsp3) is 0.133. The first kappa shape index (κ1) is 14.5. The van der Waals surface area contributed by atoms with Crippen molar-refractivity contribution in [1.29, 1.82) is 0 Å². The molecule has 6 nitrogen and oxygen atoms in total. The minimum atomic E-state index is -0.971. The predicted octanol–water partition coefficient (Wildman–Crippen LogP) is 3.18. The second-order valence-electron chi connectivity index (χ2n) is 4.49. The Labute approximate surface area is 120 Å². The van der Waals surface area contributed by atoms with E-state index in [0.717, 1.165) is 11.1 Å². The van der Waals surface area contributed by atoms with Crippen LogP contribution in [0.5, 0.6) is 5.75 Å². The Balaban J connectivity index is 2.06. The van der Waals surface area contributed by atoms with E-state index in [1.807, 2.05) is 0 Å². The maximum absolute atomic E-state index is 10.8. The van der Waals surface area contributed by atoms with Crippen molar-refractivity contribution in [2.45, 2.75) is 13.5 Å². The molecular formula is C15H13NO5. The van der Waals surface area contributed by atoms with E-state index in [2.05, 4.69) is 0 Å². The summed E-state index contributed by atoms with van der Waals surface area (Å²) in [7, 11) is 0. The first-order valence-corrected chi connectivity index (χ1v) is 6.17. The van der Waals surface area contributed by atoms with Crippen molar-refractivity contribution < 1.29 is 19.6 Å². The second kappa shape index (κ2) is 6.04. The van der Waals surface area contributed by atoms with Crippen LogP contribution in [0.1, 0.15) is 21.5 Å². The quantitative estimate of drug-likeness (QED) is 0.673. The van der Waals surface area contributed by atoms with E-state index < -0.39 is 10.9 Å². The van der Waals surface area contributed by atoms with E-state index in [4.69, 9.17) is 9.84 Å². The molecule has 0 heterocycles. The largest absolute Gasteiger partial charge is 0.489 e. The molecule has 0 spiro atoms. The highest BCUT2D eigenvalue weighted by Crippen LogP contribution is 2.19. The average molecular weight is 287 g/mol. The molecule has 6 heteroatoms. The normalized spacial score (nSPS) is 10.1. The van der Waals surface area contributed by atoms with Crippen LogP contribution in [0.4, 0.5) is 5.69 Å². The van der Waals surface area contributed by atoms with Gasteiger partial charge in [-0.3, -0.25) is 10.1 Å². The molecule has 0 atom stereocenters. The molecule has 0 bridgehead atoms. The van der Waals surface area contributed by atoms with Gasteiger partial charge >= 0.3 is 5.97 Å². The average Bonchev–Trinajstić information content (AvgIpc) is 2.46. The number of hydrogen-bond donors (Lipinski definition) is 1. The lowest BCUT2D eigenvalue weighted by Gasteiger charge is -2.09. The first-order chi connectivity index (χ1) is 9.97. The number of rotatable bonds is 5. The summed E-state index contributed by atoms with van der Waals surface area (Å²) in [5.74, 6) is -0.455. The summed E-state index contributed by atoms with van der Waals surface area (Å²) >= 11 is 0. The van der Waals surface area contributed by atoms with Crippen LogP contribution in [0.15, 0.2) is 42.5 Å². The highest BCUT2D eigenvalue weighted by Gasteiger charge is 2.07. The maximum atomic E-state index is 10.8. The fourth-order valence-electron chi connectivity index (χ4n) is 1.82. The molecule has 2 aromatic rings. The van der Waals surface area contributed by atoms with Crippen LogP contribution in [-0.4, -0.2) is 16.0 Å². The van der Waals surface area contributed by atoms with E-state index in [-0.39, 0.29) is 17.9 Å². The molecule has 0 radical (unpaired) electrons. The second-order valence-corrected chi connectivity index (χ2v) is 4.49. The number of carboxylic acids is 1. The highest BCUT2D eigenvalue weighted by atomic mass is 16.6. The van der Waals surface area contributed by atoms with Gasteiger partial charge in [-0.2, -0.15) is 0 Å². The van der Waals surface area contributed by atoms with Gasteiger partial charge in [0, 0.05) is 12.1 Å². The lowest BCUT2D eigenvalue weighted by atomic mass is 10.1. The molecule has 0 aliphatic carbocycles. The smallest absolute Gasteiger partial charge is 0.335 e. The molecule has 0 fully saturated rings. The van der Waals surface area contributed by atoms with E-state index in [0.29, 0.717) is 5.75 Å². The fourth-order valence-corrected chi connectivity index (χ4v) is 1.82. The topological polar surface area (TPSA) is 89.7 Å². The zero-order valence-corrected chi connectivity index (χ0v) is 11.3. The number of aromatic carboxylic acids is 1. The number of nitro benzene ring substituents is 1. The molecule has 0 aromatic heterocycles. The molecule has 0 unspecified atom stereocenters. The molecule has 2 aromatic carbocycles. The van der Waals surface area contributed by atoms with Crippen molar-refractivity contribution in [2.24, 2.45) is 0 Å². The number of carboxylic acid groups (broad SMARTS) is 1. The van der Waals surface area contributed by atoms with Crippen LogP contribution in [0.3, 0.4) is 0 Å². The van der Waals surface area contributed by atoms with Gasteiger partial charge in [-0.15, -0.1) is 0 Å². The van der Waals surface area contributed by atoms with Gasteiger partial charge in [0.25, 0.3) is 5.69 Å². The summed E-state index contributed by atoms with van der Waals surface area (Å²) in [5, 5.41) is 19.4. The number of aryl methyl sites for hydroxylation is 1. The van der Waals surface area contributed by atoms with Crippen LogP contribution in [-0.2, 0) is 6.61 Å². The minimum Gasteiger partial charge on any atom is -0.489 e. The molecule has 0 saturated heterocycles. The molecule has 0 aliphatic rings. The van der Waals surface area contributed by atoms with Crippen molar-refractivity contribution in [1.82, 2.24) is 0 Å². The summed E-state index contributed by atoms with van der Waals surface area (Å²) in [6, 6.07) is 10.6. The number of nitrogens with zero attached hydrogens (tertiary/aromatic N) is 1. The lowest BCUT2D eigenvalue weighted by molar-refractivity contribution is -0.384. The Morgan fingerprint density at radius 3 is 2.43 bits per heavy atom. The van der Waals surface area contributed by atoms with Crippen LogP contribution in [0.25, 0.3) is 0 Å². The van der Waals surface area contributed by atoms with Crippen molar-refractivity contribution in [3.05, 3.63) is 69.3 Å². The van der Waals surface area contributed by atoms with Crippen LogP contribution >= 0.6 is 0 Å². The number of hydrogen-bond acceptors (Lipinski definition) is 4. The third-order valence-electron chi connectivity index (χ3n) is 3.03. The van der Waals surface area contributed by atoms with Gasteiger partial charge in [0.2, 0.25) is 0 Å². The third kappa shape index (κ3) is 3.56. The van der Waals surface area contributed by atoms with Crippen molar-refractivity contribution in [3.8, 4) is 5.75 Å². The molecule has 108 valence electrons. The first-order valence-electron chi connectivity index (χ1n) is 6.17. The Morgan fingerprint density at radius 2 is 1.90 bits per heavy atom. The Morgan fingerprint density at radius 1 is 1.24 bits per heavy atom. The van der Waals surface area contributed by atoms with E-state index in [1.165, 1.54) is 30.3 Å². The highest BCUT2D eigenvalue weighted by molar-refractivity contribution is 5.87. The van der Waals surface area contributed by atoms with Gasteiger partial charge in [-0.25, -0.2) is 4.79 Å². The summed E-state index contributed by atoms with van der Waals surface area (Å²) in [6.45, 7) is 2.07. The summed E-state index contributed by atoms with van der Waals surface area (Å²) in [5.41, 5.74) is 1.91. The number of ether oxygens (including phenoxy) is 1. The zero-order chi connectivity index (χ0) is 15.4. The van der Waals surface area contributed by atoms with E-state index >= 15 is 0 Å². The monoisotopic (exact) mass is 287 g/mol. The standard InChI is InChI=1S/C15H13NO5/c1-10-8-11(15(17)18)2-3-12(10)9-21-14-6-4-13(5-7-14)16(19)20/h2-8H,9H2,1H3,(H,17,18). The minimum absolute atomic E-state index is 0.00402. The predicted molar refractivity (Wildman–Crippen MR) is 75.6 cm³/mol. The SMILES string of the molecule is Cc1cc(C(=O)O)ccc1COc1ccc([N+](=O)[O-])cc1. The summed E-state index contributed by atoms with van der Waals surface area (Å²) < 4.78 is 5.54. The molecule has 0 aliphatic heterocycles. The molecular weight excluding hydrogens is 274 g/mol. The van der Waals surface area contributed by atoms with Gasteiger partial charge in [-0.05, 0) is 42.3 Å². The van der Waals surface area contributed by atoms with E-state index in [9.17, 15) is 14.9 Å². The molecule has 0 amide bonds. The zero-order valence-electron chi connectivity index (χ0n) is 11.3.